The zero-order valence-electron chi connectivity index (χ0n) is 18.6. The van der Waals surface area contributed by atoms with Crippen molar-refractivity contribution >= 4 is 23.2 Å². The topological polar surface area (TPSA) is 80.1 Å². The minimum Gasteiger partial charge on any atom is -0.319 e. The molecule has 1 aliphatic heterocycles. The molecular weight excluding hydrogens is 421 g/mol. The van der Waals surface area contributed by atoms with Gasteiger partial charge in [-0.2, -0.15) is 0 Å². The Morgan fingerprint density at radius 2 is 1.91 bits per heavy atom. The molecule has 0 saturated heterocycles. The summed E-state index contributed by atoms with van der Waals surface area (Å²) in [5, 5.41) is 11.3. The zero-order valence-corrected chi connectivity index (χ0v) is 18.6. The summed E-state index contributed by atoms with van der Waals surface area (Å²) in [7, 11) is 1.67. The molecule has 2 heterocycles. The highest BCUT2D eigenvalue weighted by Crippen LogP contribution is 2.33. The Kier molecular flexibility index (Phi) is 5.66. The number of hydrogen-bond donors (Lipinski definition) is 1. The summed E-state index contributed by atoms with van der Waals surface area (Å²) in [4.78, 5) is 27.2. The number of carbonyl (C=O) groups excluding carboxylic acids is 2. The van der Waals surface area contributed by atoms with E-state index in [2.05, 4.69) is 20.1 Å². The van der Waals surface area contributed by atoms with Crippen LogP contribution in [0.3, 0.4) is 0 Å². The third-order valence-corrected chi connectivity index (χ3v) is 6.35. The number of para-hydroxylation sites is 1. The highest BCUT2D eigenvalue weighted by Gasteiger charge is 2.33. The van der Waals surface area contributed by atoms with Crippen molar-refractivity contribution in [1.82, 2.24) is 14.8 Å². The average Bonchev–Trinajstić information content (AvgIpc) is 3.64. The van der Waals surface area contributed by atoms with Gasteiger partial charge < -0.3 is 14.8 Å². The lowest BCUT2D eigenvalue weighted by molar-refractivity contribution is -0.119. The van der Waals surface area contributed by atoms with Crippen LogP contribution >= 0.6 is 0 Å². The summed E-state index contributed by atoms with van der Waals surface area (Å²) in [6.45, 7) is 0.825. The second-order valence-electron chi connectivity index (χ2n) is 8.74. The van der Waals surface area contributed by atoms with Gasteiger partial charge in [-0.05, 0) is 56.0 Å². The zero-order chi connectivity index (χ0) is 22.9. The van der Waals surface area contributed by atoms with Crippen LogP contribution in [0, 0.1) is 11.7 Å². The van der Waals surface area contributed by atoms with E-state index in [0.717, 1.165) is 50.9 Å². The van der Waals surface area contributed by atoms with E-state index in [-0.39, 0.29) is 17.5 Å². The molecule has 33 heavy (non-hydrogen) atoms. The lowest BCUT2D eigenvalue weighted by atomic mass is 10.1. The van der Waals surface area contributed by atoms with Crippen molar-refractivity contribution in [1.29, 1.82) is 0 Å². The van der Waals surface area contributed by atoms with Gasteiger partial charge in [0.2, 0.25) is 5.91 Å². The fraction of sp³-hybridized carbons (Fsp3) is 0.360. The molecule has 1 aromatic heterocycles. The lowest BCUT2D eigenvalue weighted by Gasteiger charge is -2.20. The summed E-state index contributed by atoms with van der Waals surface area (Å²) in [5.41, 5.74) is 1.58. The van der Waals surface area contributed by atoms with Crippen LogP contribution in [0.15, 0.2) is 42.5 Å². The molecule has 3 aromatic rings. The second kappa shape index (κ2) is 8.77. The number of fused-ring (bicyclic) bond motifs is 1. The van der Waals surface area contributed by atoms with Gasteiger partial charge in [0.15, 0.2) is 5.82 Å². The van der Waals surface area contributed by atoms with Gasteiger partial charge in [-0.15, -0.1) is 10.2 Å². The van der Waals surface area contributed by atoms with Gasteiger partial charge in [0.05, 0.1) is 16.9 Å². The summed E-state index contributed by atoms with van der Waals surface area (Å²) < 4.78 is 16.8. The molecule has 0 spiro atoms. The molecule has 7 nitrogen and oxygen atoms in total. The van der Waals surface area contributed by atoms with E-state index in [9.17, 15) is 14.0 Å². The van der Waals surface area contributed by atoms with Crippen LogP contribution in [0.25, 0.3) is 11.4 Å². The number of nitrogens with one attached hydrogen (secondary N) is 1. The first-order valence-corrected chi connectivity index (χ1v) is 11.4. The molecule has 1 fully saturated rings. The van der Waals surface area contributed by atoms with Crippen LogP contribution in [-0.2, 0) is 17.8 Å². The summed E-state index contributed by atoms with van der Waals surface area (Å²) in [5.74, 6) is 0.626. The minimum absolute atomic E-state index is 0.00377. The Hall–Kier alpha value is -3.55. The number of rotatable bonds is 5. The molecule has 1 saturated carbocycles. The number of nitrogens with zero attached hydrogens (tertiary/aromatic N) is 4. The first-order valence-electron chi connectivity index (χ1n) is 11.4. The quantitative estimate of drug-likeness (QED) is 0.627. The van der Waals surface area contributed by atoms with Gasteiger partial charge in [0, 0.05) is 31.5 Å². The molecule has 0 radical (unpaired) electrons. The Labute approximate surface area is 191 Å². The number of anilines is 2. The lowest BCUT2D eigenvalue weighted by Crippen LogP contribution is -2.30. The van der Waals surface area contributed by atoms with Gasteiger partial charge in [-0.1, -0.05) is 18.6 Å². The number of aromatic nitrogens is 3. The monoisotopic (exact) mass is 447 g/mol. The van der Waals surface area contributed by atoms with E-state index < -0.39 is 11.7 Å². The average molecular weight is 448 g/mol. The molecular formula is C25H26FN5O2. The largest absolute Gasteiger partial charge is 0.319 e. The number of amides is 2. The first kappa shape index (κ1) is 21.3. The number of aryl methyl sites for hydroxylation is 1. The standard InChI is InChI=1S/C25H26FN5O2/c1-30(25(33)16-10-11-16)21-8-5-4-7-18(21)24(32)27-20-15-17(12-13-19(20)26)23-29-28-22-9-3-2-6-14-31(22)23/h4-5,7-8,12-13,15-16H,2-3,6,9-11,14H2,1H3,(H,27,32). The third kappa shape index (κ3) is 4.25. The van der Waals surface area contributed by atoms with E-state index in [4.69, 9.17) is 0 Å². The molecule has 1 aliphatic carbocycles. The fourth-order valence-electron chi connectivity index (χ4n) is 4.33. The van der Waals surface area contributed by atoms with E-state index in [1.807, 2.05) is 0 Å². The van der Waals surface area contributed by atoms with Crippen molar-refractivity contribution < 1.29 is 14.0 Å². The number of carbonyl (C=O) groups is 2. The number of halogens is 1. The van der Waals surface area contributed by atoms with Crippen LogP contribution in [0.2, 0.25) is 0 Å². The predicted octanol–water partition coefficient (Wildman–Crippen LogP) is 4.44. The van der Waals surface area contributed by atoms with E-state index in [0.29, 0.717) is 22.6 Å². The predicted molar refractivity (Wildman–Crippen MR) is 124 cm³/mol. The van der Waals surface area contributed by atoms with E-state index in [1.165, 1.54) is 11.0 Å². The van der Waals surface area contributed by atoms with Crippen LogP contribution in [0.5, 0.6) is 0 Å². The molecule has 0 bridgehead atoms. The van der Waals surface area contributed by atoms with Crippen LogP contribution < -0.4 is 10.2 Å². The highest BCUT2D eigenvalue weighted by atomic mass is 19.1. The van der Waals surface area contributed by atoms with E-state index >= 15 is 0 Å². The van der Waals surface area contributed by atoms with Crippen molar-refractivity contribution in [2.45, 2.75) is 45.1 Å². The molecule has 0 unspecified atom stereocenters. The van der Waals surface area contributed by atoms with Gasteiger partial charge >= 0.3 is 0 Å². The summed E-state index contributed by atoms with van der Waals surface area (Å²) in [6, 6.07) is 11.5. The molecule has 170 valence electrons. The second-order valence-corrected chi connectivity index (χ2v) is 8.74. The van der Waals surface area contributed by atoms with Gasteiger partial charge in [0.1, 0.15) is 11.6 Å². The van der Waals surface area contributed by atoms with E-state index in [1.54, 1.807) is 43.4 Å². The van der Waals surface area contributed by atoms with Crippen LogP contribution in [0.4, 0.5) is 15.8 Å². The van der Waals surface area contributed by atoms with Gasteiger partial charge in [-0.3, -0.25) is 9.59 Å². The Morgan fingerprint density at radius 3 is 2.73 bits per heavy atom. The van der Waals surface area contributed by atoms with Crippen LogP contribution in [-0.4, -0.2) is 33.6 Å². The molecule has 8 heteroatoms. The van der Waals surface area contributed by atoms with Gasteiger partial charge in [0.25, 0.3) is 5.91 Å². The summed E-state index contributed by atoms with van der Waals surface area (Å²) in [6.07, 6.45) is 5.91. The SMILES string of the molecule is CN(C(=O)C1CC1)c1ccccc1C(=O)Nc1cc(-c2nnc3n2CCCCC3)ccc1F. The third-order valence-electron chi connectivity index (χ3n) is 6.35. The first-order chi connectivity index (χ1) is 16.0. The van der Waals surface area contributed by atoms with Crippen molar-refractivity contribution in [3.63, 3.8) is 0 Å². The molecule has 1 N–H and O–H groups in total. The fourth-order valence-corrected chi connectivity index (χ4v) is 4.33. The van der Waals surface area contributed by atoms with Crippen molar-refractivity contribution in [2.24, 2.45) is 5.92 Å². The maximum atomic E-state index is 14.7. The molecule has 2 amide bonds. The smallest absolute Gasteiger partial charge is 0.257 e. The molecule has 2 aromatic carbocycles. The normalized spacial score (nSPS) is 15.5. The maximum Gasteiger partial charge on any atom is 0.257 e. The Morgan fingerprint density at radius 1 is 1.09 bits per heavy atom. The maximum absolute atomic E-state index is 14.7. The molecule has 5 rings (SSSR count). The van der Waals surface area contributed by atoms with Crippen molar-refractivity contribution in [3.05, 3.63) is 59.7 Å². The number of hydrogen-bond acceptors (Lipinski definition) is 4. The van der Waals surface area contributed by atoms with Gasteiger partial charge in [-0.25, -0.2) is 4.39 Å². The molecule has 2 aliphatic rings. The Bertz CT molecular complexity index is 1220. The number of benzene rings is 2. The van der Waals surface area contributed by atoms with Crippen molar-refractivity contribution in [3.8, 4) is 11.4 Å². The summed E-state index contributed by atoms with van der Waals surface area (Å²) >= 11 is 0. The minimum atomic E-state index is -0.539. The Balaban J connectivity index is 1.42. The molecule has 0 atom stereocenters. The van der Waals surface area contributed by atoms with Crippen molar-refractivity contribution in [2.75, 3.05) is 17.3 Å². The van der Waals surface area contributed by atoms with Crippen LogP contribution in [0.1, 0.15) is 48.3 Å². The highest BCUT2D eigenvalue weighted by molar-refractivity contribution is 6.11.